The van der Waals surface area contributed by atoms with E-state index in [1.165, 1.54) is 24.3 Å². The van der Waals surface area contributed by atoms with Gasteiger partial charge in [0.2, 0.25) is 0 Å². The highest BCUT2D eigenvalue weighted by Gasteiger charge is 2.30. The monoisotopic (exact) mass is 605 g/mol. The number of benzene rings is 5. The third-order valence-corrected chi connectivity index (χ3v) is 7.92. The van der Waals surface area contributed by atoms with Gasteiger partial charge in [-0.1, -0.05) is 36.4 Å². The van der Waals surface area contributed by atoms with Crippen LogP contribution in [0, 0.1) is 5.41 Å². The predicted octanol–water partition coefficient (Wildman–Crippen LogP) is 7.10. The topological polar surface area (TPSA) is 143 Å². The van der Waals surface area contributed by atoms with Crippen molar-refractivity contribution >= 4 is 38.3 Å². The van der Waals surface area contributed by atoms with E-state index >= 15 is 0 Å². The Kier molecular flexibility index (Phi) is 7.55. The van der Waals surface area contributed by atoms with Gasteiger partial charge >= 0.3 is 12.1 Å². The summed E-state index contributed by atoms with van der Waals surface area (Å²) in [5.41, 5.74) is 5.60. The van der Waals surface area contributed by atoms with Gasteiger partial charge in [0.25, 0.3) is 10.0 Å². The lowest BCUT2D eigenvalue weighted by atomic mass is 9.98. The largest absolute Gasteiger partial charge is 0.478 e. The highest BCUT2D eigenvalue weighted by molar-refractivity contribution is 7.92. The van der Waals surface area contributed by atoms with Gasteiger partial charge in [-0.05, 0) is 83.1 Å². The molecule has 5 aromatic rings. The molecule has 0 bridgehead atoms. The van der Waals surface area contributed by atoms with Crippen molar-refractivity contribution in [2.24, 2.45) is 5.73 Å². The smallest absolute Gasteiger partial charge is 0.416 e. The van der Waals surface area contributed by atoms with Gasteiger partial charge in [-0.25, -0.2) is 13.2 Å². The first-order chi connectivity index (χ1) is 20.3. The number of sulfonamides is 1. The molecule has 0 amide bonds. The predicted molar refractivity (Wildman–Crippen MR) is 156 cm³/mol. The van der Waals surface area contributed by atoms with Crippen LogP contribution in [0.25, 0.3) is 21.9 Å². The molecule has 0 fully saturated rings. The lowest BCUT2D eigenvalue weighted by Crippen LogP contribution is -2.14. The summed E-state index contributed by atoms with van der Waals surface area (Å²) >= 11 is 0. The second-order valence-electron chi connectivity index (χ2n) is 9.43. The Bertz CT molecular complexity index is 1990. The minimum Gasteiger partial charge on any atom is -0.478 e. The summed E-state index contributed by atoms with van der Waals surface area (Å²) < 4.78 is 73.4. The molecule has 43 heavy (non-hydrogen) atoms. The summed E-state index contributed by atoms with van der Waals surface area (Å²) in [5.74, 6) is -0.677. The Balaban J connectivity index is 1.54. The summed E-state index contributed by atoms with van der Waals surface area (Å²) in [6, 6.07) is 23.8. The number of amidine groups is 1. The minimum atomic E-state index is -4.62. The number of alkyl halides is 3. The van der Waals surface area contributed by atoms with Crippen molar-refractivity contribution in [2.75, 3.05) is 4.72 Å². The van der Waals surface area contributed by atoms with E-state index in [-0.39, 0.29) is 34.0 Å². The van der Waals surface area contributed by atoms with Gasteiger partial charge in [-0.15, -0.1) is 0 Å². The van der Waals surface area contributed by atoms with Gasteiger partial charge in [0.05, 0.1) is 16.0 Å². The molecule has 0 spiro atoms. The van der Waals surface area contributed by atoms with Crippen LogP contribution in [0.2, 0.25) is 0 Å². The number of carboxylic acid groups (broad SMARTS) is 1. The fourth-order valence-corrected chi connectivity index (χ4v) is 5.47. The van der Waals surface area contributed by atoms with E-state index < -0.39 is 32.6 Å². The van der Waals surface area contributed by atoms with Crippen LogP contribution in [0.3, 0.4) is 0 Å². The standard InChI is InChI=1S/C31H22F3N3O5S/c32-31(33,34)21-8-12-24(13-9-21)43(40,41)37-22-10-14-28(27(17-22)25-3-1-2-4-26(25)30(38)39)42-23-11-7-18-15-20(29(35)36)6-5-19(18)16-23/h1-17,37H,(H3,35,36)(H,38,39). The number of halogens is 3. The fraction of sp³-hybridized carbons (Fsp3) is 0.0323. The maximum Gasteiger partial charge on any atom is 0.416 e. The van der Waals surface area contributed by atoms with Crippen molar-refractivity contribution < 1.29 is 36.2 Å². The molecule has 0 atom stereocenters. The molecule has 8 nitrogen and oxygen atoms in total. The molecule has 0 saturated heterocycles. The van der Waals surface area contributed by atoms with E-state index in [1.54, 1.807) is 54.6 Å². The Labute approximate surface area is 243 Å². The lowest BCUT2D eigenvalue weighted by Gasteiger charge is -2.16. The summed E-state index contributed by atoms with van der Waals surface area (Å²) in [4.78, 5) is 11.6. The molecule has 0 saturated carbocycles. The molecule has 218 valence electrons. The second kappa shape index (κ2) is 11.1. The first-order valence-electron chi connectivity index (χ1n) is 12.5. The maximum atomic E-state index is 13.0. The summed E-state index contributed by atoms with van der Waals surface area (Å²) in [6.45, 7) is 0. The SMILES string of the molecule is N=C(N)c1ccc2cc(Oc3ccc(NS(=O)(=O)c4ccc(C(F)(F)F)cc4)cc3-c3ccccc3C(=O)O)ccc2c1. The van der Waals surface area contributed by atoms with E-state index in [0.717, 1.165) is 22.9 Å². The van der Waals surface area contributed by atoms with Crippen LogP contribution in [0.5, 0.6) is 11.5 Å². The number of aromatic carboxylic acids is 1. The van der Waals surface area contributed by atoms with Gasteiger partial charge in [-0.2, -0.15) is 13.2 Å². The Morgan fingerprint density at radius 2 is 1.51 bits per heavy atom. The number of nitrogens with one attached hydrogen (secondary N) is 2. The number of hydrogen-bond acceptors (Lipinski definition) is 5. The number of anilines is 1. The molecule has 0 heterocycles. The van der Waals surface area contributed by atoms with Crippen LogP contribution in [-0.2, 0) is 16.2 Å². The van der Waals surface area contributed by atoms with E-state index in [9.17, 15) is 31.5 Å². The molecule has 5 aromatic carbocycles. The zero-order chi connectivity index (χ0) is 30.9. The first-order valence-corrected chi connectivity index (χ1v) is 14.0. The van der Waals surface area contributed by atoms with E-state index in [0.29, 0.717) is 23.4 Å². The van der Waals surface area contributed by atoms with Crippen molar-refractivity contribution in [3.8, 4) is 22.6 Å². The van der Waals surface area contributed by atoms with E-state index in [4.69, 9.17) is 15.9 Å². The molecule has 0 aromatic heterocycles. The Morgan fingerprint density at radius 3 is 2.19 bits per heavy atom. The maximum absolute atomic E-state index is 13.0. The second-order valence-corrected chi connectivity index (χ2v) is 11.1. The molecule has 12 heteroatoms. The summed E-state index contributed by atoms with van der Waals surface area (Å²) in [6.07, 6.45) is -4.62. The highest BCUT2D eigenvalue weighted by atomic mass is 32.2. The third kappa shape index (κ3) is 6.28. The van der Waals surface area contributed by atoms with Crippen LogP contribution < -0.4 is 15.2 Å². The van der Waals surface area contributed by atoms with Crippen molar-refractivity contribution in [2.45, 2.75) is 11.1 Å². The zero-order valence-corrected chi connectivity index (χ0v) is 22.8. The number of hydrogen-bond donors (Lipinski definition) is 4. The number of fused-ring (bicyclic) bond motifs is 1. The molecular formula is C31H22F3N3O5S. The van der Waals surface area contributed by atoms with E-state index in [1.807, 2.05) is 0 Å². The van der Waals surface area contributed by atoms with Crippen LogP contribution in [0.1, 0.15) is 21.5 Å². The molecule has 0 unspecified atom stereocenters. The molecule has 5 N–H and O–H groups in total. The lowest BCUT2D eigenvalue weighted by molar-refractivity contribution is -0.137. The number of carboxylic acids is 1. The normalized spacial score (nSPS) is 11.7. The number of ether oxygens (including phenoxy) is 1. The van der Waals surface area contributed by atoms with Crippen molar-refractivity contribution in [3.05, 3.63) is 120 Å². The molecule has 0 aliphatic carbocycles. The Hall–Kier alpha value is -5.36. The van der Waals surface area contributed by atoms with Crippen molar-refractivity contribution in [1.29, 1.82) is 5.41 Å². The van der Waals surface area contributed by atoms with Crippen LogP contribution in [0.4, 0.5) is 18.9 Å². The average molecular weight is 606 g/mol. The van der Waals surface area contributed by atoms with Crippen LogP contribution in [0.15, 0.2) is 108 Å². The molecule has 0 aliphatic rings. The minimum absolute atomic E-state index is 0.0257. The number of nitrogens with two attached hydrogens (primary N) is 1. The van der Waals surface area contributed by atoms with Gasteiger partial charge < -0.3 is 15.6 Å². The van der Waals surface area contributed by atoms with E-state index in [2.05, 4.69) is 4.72 Å². The average Bonchev–Trinajstić information content (AvgIpc) is 2.97. The Morgan fingerprint density at radius 1 is 0.837 bits per heavy atom. The van der Waals surface area contributed by atoms with Crippen molar-refractivity contribution in [3.63, 3.8) is 0 Å². The molecule has 0 radical (unpaired) electrons. The quantitative estimate of drug-likeness (QED) is 0.110. The van der Waals surface area contributed by atoms with Gasteiger partial charge in [0.15, 0.2) is 0 Å². The van der Waals surface area contributed by atoms with Crippen molar-refractivity contribution in [1.82, 2.24) is 0 Å². The first kappa shape index (κ1) is 29.1. The zero-order valence-electron chi connectivity index (χ0n) is 22.0. The number of rotatable bonds is 8. The van der Waals surface area contributed by atoms with Crippen LogP contribution >= 0.6 is 0 Å². The molecular weight excluding hydrogens is 583 g/mol. The summed E-state index contributed by atoms with van der Waals surface area (Å²) in [7, 11) is -4.31. The molecule has 0 aliphatic heterocycles. The number of carbonyl (C=O) groups is 1. The molecule has 5 rings (SSSR count). The summed E-state index contributed by atoms with van der Waals surface area (Å²) in [5, 5.41) is 19.0. The van der Waals surface area contributed by atoms with Crippen LogP contribution in [-0.4, -0.2) is 25.3 Å². The van der Waals surface area contributed by atoms with Gasteiger partial charge in [-0.3, -0.25) is 10.1 Å². The van der Waals surface area contributed by atoms with Gasteiger partial charge in [0.1, 0.15) is 17.3 Å². The van der Waals surface area contributed by atoms with Gasteiger partial charge in [0, 0.05) is 16.8 Å². The highest BCUT2D eigenvalue weighted by Crippen LogP contribution is 2.39. The fourth-order valence-electron chi connectivity index (χ4n) is 4.42. The third-order valence-electron chi connectivity index (χ3n) is 6.52. The number of nitrogen functional groups attached to an aromatic ring is 1.